The van der Waals surface area contributed by atoms with Gasteiger partial charge in [-0.2, -0.15) is 0 Å². The lowest BCUT2D eigenvalue weighted by atomic mass is 9.99. The Kier molecular flexibility index (Phi) is 15.6. The largest absolute Gasteiger partial charge is 0.460 e. The first kappa shape index (κ1) is 29.1. The Labute approximate surface area is 207 Å². The minimum Gasteiger partial charge on any atom is -0.460 e. The third kappa shape index (κ3) is 12.5. The summed E-state index contributed by atoms with van der Waals surface area (Å²) in [5, 5.41) is 20.7. The van der Waals surface area contributed by atoms with E-state index in [-0.39, 0.29) is 12.2 Å². The van der Waals surface area contributed by atoms with Crippen LogP contribution in [-0.4, -0.2) is 46.6 Å². The number of esters is 2. The van der Waals surface area contributed by atoms with E-state index in [9.17, 15) is 19.8 Å². The summed E-state index contributed by atoms with van der Waals surface area (Å²) in [6, 6.07) is 0. The Bertz CT molecular complexity index is 479. The number of carbonyl (C=O) groups is 2. The molecule has 6 nitrogen and oxygen atoms in total. The maximum Gasteiger partial charge on any atom is 0.338 e. The van der Waals surface area contributed by atoms with Gasteiger partial charge in [0.2, 0.25) is 0 Å². The van der Waals surface area contributed by atoms with Crippen molar-refractivity contribution in [2.75, 3.05) is 0 Å². The van der Waals surface area contributed by atoms with Crippen molar-refractivity contribution in [3.8, 4) is 0 Å². The van der Waals surface area contributed by atoms with Gasteiger partial charge in [-0.1, -0.05) is 89.9 Å². The highest BCUT2D eigenvalue weighted by Gasteiger charge is 2.35. The predicted molar refractivity (Wildman–Crippen MR) is 133 cm³/mol. The van der Waals surface area contributed by atoms with Crippen molar-refractivity contribution in [3.63, 3.8) is 0 Å². The number of rotatable bonds is 5. The fourth-order valence-corrected chi connectivity index (χ4v) is 5.21. The summed E-state index contributed by atoms with van der Waals surface area (Å²) in [4.78, 5) is 25.1. The lowest BCUT2D eigenvalue weighted by molar-refractivity contribution is -0.179. The zero-order valence-corrected chi connectivity index (χ0v) is 21.4. The Balaban J connectivity index is 1.81. The Morgan fingerprint density at radius 3 is 0.882 bits per heavy atom. The summed E-state index contributed by atoms with van der Waals surface area (Å²) in [7, 11) is 0. The molecule has 2 aliphatic rings. The standard InChI is InChI=1S/C28H50O6/c29-25(27(31)33-23-19-15-11-7-3-1-4-8-12-16-20-23)26(30)28(32)34-24-21-17-13-9-5-2-6-10-14-18-22-24/h23-26,29-30H,1-22H2. The molecular formula is C28H50O6. The van der Waals surface area contributed by atoms with Crippen LogP contribution in [-0.2, 0) is 19.1 Å². The first-order valence-corrected chi connectivity index (χ1v) is 14.3. The van der Waals surface area contributed by atoms with E-state index in [0.717, 1.165) is 77.0 Å². The van der Waals surface area contributed by atoms with Gasteiger partial charge in [-0.05, 0) is 51.4 Å². The second kappa shape index (κ2) is 18.2. The van der Waals surface area contributed by atoms with Crippen LogP contribution in [0.1, 0.15) is 141 Å². The van der Waals surface area contributed by atoms with Gasteiger partial charge in [0.25, 0.3) is 0 Å². The van der Waals surface area contributed by atoms with Gasteiger partial charge in [-0.25, -0.2) is 9.59 Å². The Morgan fingerprint density at radius 1 is 0.441 bits per heavy atom. The van der Waals surface area contributed by atoms with E-state index < -0.39 is 24.1 Å². The molecule has 0 saturated heterocycles. The first-order valence-electron chi connectivity index (χ1n) is 14.3. The van der Waals surface area contributed by atoms with Gasteiger partial charge < -0.3 is 19.7 Å². The number of hydrogen-bond donors (Lipinski definition) is 2. The van der Waals surface area contributed by atoms with Crippen molar-refractivity contribution >= 4 is 11.9 Å². The lowest BCUT2D eigenvalue weighted by Crippen LogP contribution is -2.43. The van der Waals surface area contributed by atoms with Gasteiger partial charge >= 0.3 is 11.9 Å². The number of ether oxygens (including phenoxy) is 2. The van der Waals surface area contributed by atoms with Crippen molar-refractivity contribution in [1.29, 1.82) is 0 Å². The molecule has 0 aromatic carbocycles. The highest BCUT2D eigenvalue weighted by molar-refractivity contribution is 5.85. The molecule has 0 radical (unpaired) electrons. The average Bonchev–Trinajstić information content (AvgIpc) is 2.81. The van der Waals surface area contributed by atoms with Gasteiger partial charge in [0, 0.05) is 0 Å². The molecule has 198 valence electrons. The molecule has 2 fully saturated rings. The Morgan fingerprint density at radius 2 is 0.647 bits per heavy atom. The second-order valence-corrected chi connectivity index (χ2v) is 10.5. The summed E-state index contributed by atoms with van der Waals surface area (Å²) < 4.78 is 11.1. The van der Waals surface area contributed by atoms with Crippen LogP contribution in [0.3, 0.4) is 0 Å². The second-order valence-electron chi connectivity index (χ2n) is 10.5. The maximum atomic E-state index is 12.5. The monoisotopic (exact) mass is 482 g/mol. The maximum absolute atomic E-state index is 12.5. The quantitative estimate of drug-likeness (QED) is 0.457. The third-order valence-electron chi connectivity index (χ3n) is 7.45. The van der Waals surface area contributed by atoms with Crippen molar-refractivity contribution < 1.29 is 29.3 Å². The molecule has 2 saturated carbocycles. The predicted octanol–water partition coefficient (Wildman–Crippen LogP) is 6.14. The molecule has 2 N–H and O–H groups in total. The minimum absolute atomic E-state index is 0.267. The van der Waals surface area contributed by atoms with E-state index >= 15 is 0 Å². The van der Waals surface area contributed by atoms with Crippen LogP contribution in [0.15, 0.2) is 0 Å². The normalized spacial score (nSPS) is 23.7. The molecule has 2 rings (SSSR count). The van der Waals surface area contributed by atoms with Crippen molar-refractivity contribution in [3.05, 3.63) is 0 Å². The first-order chi connectivity index (χ1) is 16.6. The van der Waals surface area contributed by atoms with Crippen LogP contribution < -0.4 is 0 Å². The molecule has 6 heteroatoms. The molecule has 0 aromatic heterocycles. The minimum atomic E-state index is -1.90. The van der Waals surface area contributed by atoms with E-state index in [1.807, 2.05) is 0 Å². The van der Waals surface area contributed by atoms with Gasteiger partial charge in [0.05, 0.1) is 0 Å². The molecule has 0 bridgehead atoms. The van der Waals surface area contributed by atoms with Crippen LogP contribution in [0.25, 0.3) is 0 Å². The zero-order valence-electron chi connectivity index (χ0n) is 21.4. The smallest absolute Gasteiger partial charge is 0.338 e. The van der Waals surface area contributed by atoms with E-state index in [1.165, 1.54) is 64.2 Å². The summed E-state index contributed by atoms with van der Waals surface area (Å²) in [6.45, 7) is 0. The van der Waals surface area contributed by atoms with Gasteiger partial charge in [-0.3, -0.25) is 0 Å². The van der Waals surface area contributed by atoms with Crippen LogP contribution in [0, 0.1) is 0 Å². The van der Waals surface area contributed by atoms with Crippen LogP contribution in [0.4, 0.5) is 0 Å². The third-order valence-corrected chi connectivity index (χ3v) is 7.45. The average molecular weight is 483 g/mol. The van der Waals surface area contributed by atoms with Crippen molar-refractivity contribution in [1.82, 2.24) is 0 Å². The zero-order chi connectivity index (χ0) is 24.4. The summed E-state index contributed by atoms with van der Waals surface area (Å²) in [5.41, 5.74) is 0. The molecule has 2 aliphatic carbocycles. The van der Waals surface area contributed by atoms with Crippen LogP contribution in [0.2, 0.25) is 0 Å². The fraction of sp³-hybridized carbons (Fsp3) is 0.929. The summed E-state index contributed by atoms with van der Waals surface area (Å²) in [5.74, 6) is -1.83. The number of aliphatic hydroxyl groups is 2. The summed E-state index contributed by atoms with van der Waals surface area (Å²) in [6.07, 6.45) is 19.6. The van der Waals surface area contributed by atoms with Crippen molar-refractivity contribution in [2.45, 2.75) is 166 Å². The molecule has 34 heavy (non-hydrogen) atoms. The number of carbonyl (C=O) groups excluding carboxylic acids is 2. The topological polar surface area (TPSA) is 93.1 Å². The Hall–Kier alpha value is -1.14. The van der Waals surface area contributed by atoms with E-state index in [1.54, 1.807) is 0 Å². The SMILES string of the molecule is O=C(OC1CCCCCCCCCCC1)C(O)C(O)C(=O)OC1CCCCCCCCCCC1. The lowest BCUT2D eigenvalue weighted by Gasteiger charge is -2.24. The molecule has 0 aliphatic heterocycles. The highest BCUT2D eigenvalue weighted by atomic mass is 16.6. The van der Waals surface area contributed by atoms with Gasteiger partial charge in [0.1, 0.15) is 12.2 Å². The number of hydrogen-bond acceptors (Lipinski definition) is 6. The molecule has 2 atom stereocenters. The fourth-order valence-electron chi connectivity index (χ4n) is 5.21. The highest BCUT2D eigenvalue weighted by Crippen LogP contribution is 2.21. The van der Waals surface area contributed by atoms with Gasteiger partial charge in [0.15, 0.2) is 12.2 Å². The van der Waals surface area contributed by atoms with E-state index in [4.69, 9.17) is 9.47 Å². The summed E-state index contributed by atoms with van der Waals surface area (Å²) >= 11 is 0. The van der Waals surface area contributed by atoms with Gasteiger partial charge in [-0.15, -0.1) is 0 Å². The van der Waals surface area contributed by atoms with Crippen LogP contribution >= 0.6 is 0 Å². The van der Waals surface area contributed by atoms with E-state index in [2.05, 4.69) is 0 Å². The molecule has 0 amide bonds. The van der Waals surface area contributed by atoms with Crippen LogP contribution in [0.5, 0.6) is 0 Å². The van der Waals surface area contributed by atoms with Crippen molar-refractivity contribution in [2.24, 2.45) is 0 Å². The number of aliphatic hydroxyl groups excluding tert-OH is 2. The molecule has 0 spiro atoms. The van der Waals surface area contributed by atoms with E-state index in [0.29, 0.717) is 0 Å². The molecule has 0 aromatic rings. The molecule has 2 unspecified atom stereocenters. The molecule has 0 heterocycles. The molecular weight excluding hydrogens is 432 g/mol.